The van der Waals surface area contributed by atoms with Gasteiger partial charge in [0, 0.05) is 36.5 Å². The van der Waals surface area contributed by atoms with Gasteiger partial charge in [0.05, 0.1) is 12.2 Å². The molecule has 47 heavy (non-hydrogen) atoms. The number of rotatable bonds is 11. The number of hydrogen-bond donors (Lipinski definition) is 1. The van der Waals surface area contributed by atoms with Crippen LogP contribution in [0.1, 0.15) is 62.0 Å². The van der Waals surface area contributed by atoms with E-state index in [4.69, 9.17) is 14.2 Å². The average Bonchev–Trinajstić information content (AvgIpc) is 3.07. The van der Waals surface area contributed by atoms with Crippen LogP contribution < -0.4 is 9.47 Å². The Morgan fingerprint density at radius 2 is 1.66 bits per heavy atom. The number of carbonyl (C=O) groups is 1. The van der Waals surface area contributed by atoms with Gasteiger partial charge in [-0.25, -0.2) is 4.79 Å². The summed E-state index contributed by atoms with van der Waals surface area (Å²) in [5.74, 6) is 1.66. The molecular formula is C41H45NO5. The number of likely N-dealkylation sites (tertiary alicyclic amines) is 1. The maximum Gasteiger partial charge on any atom is 0.341 e. The molecule has 2 heterocycles. The van der Waals surface area contributed by atoms with E-state index in [2.05, 4.69) is 80.8 Å². The van der Waals surface area contributed by atoms with Crippen molar-refractivity contribution in [2.75, 3.05) is 19.7 Å². The fourth-order valence-electron chi connectivity index (χ4n) is 7.16. The molecule has 0 saturated carbocycles. The van der Waals surface area contributed by atoms with Crippen molar-refractivity contribution in [3.05, 3.63) is 138 Å². The van der Waals surface area contributed by atoms with E-state index in [1.165, 1.54) is 11.1 Å². The zero-order valence-corrected chi connectivity index (χ0v) is 27.6. The number of nitrogens with zero attached hydrogens (tertiary/aromatic N) is 1. The smallest absolute Gasteiger partial charge is 0.341 e. The van der Waals surface area contributed by atoms with Crippen molar-refractivity contribution in [2.24, 2.45) is 11.8 Å². The van der Waals surface area contributed by atoms with Gasteiger partial charge in [0.25, 0.3) is 0 Å². The average molecular weight is 632 g/mol. The summed E-state index contributed by atoms with van der Waals surface area (Å²) in [5.41, 5.74) is 5.24. The van der Waals surface area contributed by atoms with E-state index < -0.39 is 12.6 Å². The third kappa shape index (κ3) is 7.61. The van der Waals surface area contributed by atoms with Crippen LogP contribution in [0.2, 0.25) is 0 Å². The number of ether oxygens (including phenoxy) is 3. The topological polar surface area (TPSA) is 68.2 Å². The summed E-state index contributed by atoms with van der Waals surface area (Å²) in [6.07, 6.45) is 1.69. The molecule has 4 aromatic carbocycles. The van der Waals surface area contributed by atoms with Gasteiger partial charge < -0.3 is 19.3 Å². The van der Waals surface area contributed by atoms with Crippen LogP contribution in [-0.4, -0.2) is 41.8 Å². The lowest BCUT2D eigenvalue weighted by Gasteiger charge is -2.47. The molecule has 1 N–H and O–H groups in total. The summed E-state index contributed by atoms with van der Waals surface area (Å²) in [7, 11) is 0. The number of benzene rings is 4. The molecule has 0 amide bonds. The van der Waals surface area contributed by atoms with E-state index in [9.17, 15) is 9.90 Å². The van der Waals surface area contributed by atoms with E-state index in [0.717, 1.165) is 60.7 Å². The second kappa shape index (κ2) is 14.2. The van der Waals surface area contributed by atoms with E-state index in [1.807, 2.05) is 54.6 Å². The van der Waals surface area contributed by atoms with E-state index in [1.54, 1.807) is 0 Å². The molecule has 0 radical (unpaired) electrons. The van der Waals surface area contributed by atoms with Crippen LogP contribution in [0.5, 0.6) is 17.2 Å². The Morgan fingerprint density at radius 1 is 0.936 bits per heavy atom. The van der Waals surface area contributed by atoms with Crippen LogP contribution in [0.15, 0.2) is 115 Å². The molecule has 2 aliphatic heterocycles. The van der Waals surface area contributed by atoms with E-state index >= 15 is 0 Å². The van der Waals surface area contributed by atoms with Crippen molar-refractivity contribution in [3.63, 3.8) is 0 Å². The number of carboxylic acid groups (broad SMARTS) is 1. The Kier molecular flexibility index (Phi) is 9.81. The highest BCUT2D eigenvalue weighted by molar-refractivity contribution is 5.68. The van der Waals surface area contributed by atoms with Crippen molar-refractivity contribution in [1.29, 1.82) is 0 Å². The molecule has 0 unspecified atom stereocenters. The van der Waals surface area contributed by atoms with Gasteiger partial charge in [-0.3, -0.25) is 4.90 Å². The van der Waals surface area contributed by atoms with Gasteiger partial charge in [0.1, 0.15) is 17.2 Å². The fourth-order valence-corrected chi connectivity index (χ4v) is 7.16. The van der Waals surface area contributed by atoms with Crippen LogP contribution in [0.25, 0.3) is 0 Å². The molecule has 244 valence electrons. The van der Waals surface area contributed by atoms with Gasteiger partial charge in [-0.15, -0.1) is 0 Å². The largest absolute Gasteiger partial charge is 0.482 e. The number of aliphatic carboxylic acids is 1. The number of fused-ring (bicyclic) bond motifs is 1. The first kappa shape index (κ1) is 32.5. The quantitative estimate of drug-likeness (QED) is 0.167. The second-order valence-electron chi connectivity index (χ2n) is 13.6. The van der Waals surface area contributed by atoms with Crippen molar-refractivity contribution >= 4 is 5.97 Å². The molecular weight excluding hydrogens is 586 g/mol. The number of hydrogen-bond acceptors (Lipinski definition) is 5. The Morgan fingerprint density at radius 3 is 2.38 bits per heavy atom. The number of para-hydroxylation sites is 1. The Balaban J connectivity index is 1.21. The lowest BCUT2D eigenvalue weighted by molar-refractivity contribution is -0.140. The maximum absolute atomic E-state index is 11.5. The zero-order valence-electron chi connectivity index (χ0n) is 27.6. The Labute approximate surface area is 278 Å². The summed E-state index contributed by atoms with van der Waals surface area (Å²) >= 11 is 0. The zero-order chi connectivity index (χ0) is 33.0. The van der Waals surface area contributed by atoms with E-state index in [0.29, 0.717) is 11.7 Å². The molecule has 0 aromatic heterocycles. The predicted molar refractivity (Wildman–Crippen MR) is 185 cm³/mol. The molecule has 6 rings (SSSR count). The molecule has 4 aromatic rings. The van der Waals surface area contributed by atoms with Crippen molar-refractivity contribution in [3.8, 4) is 17.2 Å². The second-order valence-corrected chi connectivity index (χ2v) is 13.6. The molecule has 6 nitrogen and oxygen atoms in total. The van der Waals surface area contributed by atoms with Crippen molar-refractivity contribution in [1.82, 2.24) is 4.90 Å². The molecule has 0 bridgehead atoms. The first-order valence-corrected chi connectivity index (χ1v) is 16.6. The van der Waals surface area contributed by atoms with Crippen molar-refractivity contribution in [2.45, 2.75) is 57.8 Å². The molecule has 2 saturated heterocycles. The van der Waals surface area contributed by atoms with Gasteiger partial charge in [0.15, 0.2) is 6.61 Å². The first-order chi connectivity index (χ1) is 22.7. The highest BCUT2D eigenvalue weighted by Gasteiger charge is 2.43. The number of piperidine rings is 1. The van der Waals surface area contributed by atoms with Crippen molar-refractivity contribution < 1.29 is 24.1 Å². The lowest BCUT2D eigenvalue weighted by Crippen LogP contribution is -2.48. The molecule has 2 aliphatic rings. The molecule has 0 aliphatic carbocycles. The van der Waals surface area contributed by atoms with Crippen LogP contribution in [0.4, 0.5) is 0 Å². The molecule has 0 spiro atoms. The minimum atomic E-state index is -1.00. The van der Waals surface area contributed by atoms with Gasteiger partial charge in [-0.05, 0) is 78.8 Å². The molecule has 2 fully saturated rings. The maximum atomic E-state index is 11.5. The summed E-state index contributed by atoms with van der Waals surface area (Å²) in [5, 5.41) is 9.43. The van der Waals surface area contributed by atoms with Crippen LogP contribution >= 0.6 is 0 Å². The monoisotopic (exact) mass is 631 g/mol. The third-order valence-electron chi connectivity index (χ3n) is 9.79. The van der Waals surface area contributed by atoms with Crippen LogP contribution in [0, 0.1) is 11.8 Å². The Hall–Kier alpha value is -4.39. The first-order valence-electron chi connectivity index (χ1n) is 16.6. The molecule has 4 atom stereocenters. The van der Waals surface area contributed by atoms with E-state index in [-0.39, 0.29) is 23.5 Å². The Bertz CT molecular complexity index is 1680. The minimum absolute atomic E-state index is 0.0704. The normalized spacial score (nSPS) is 21.4. The van der Waals surface area contributed by atoms with Gasteiger partial charge in [-0.1, -0.05) is 92.7 Å². The van der Waals surface area contributed by atoms with Gasteiger partial charge >= 0.3 is 5.97 Å². The highest BCUT2D eigenvalue weighted by atomic mass is 16.5. The summed E-state index contributed by atoms with van der Waals surface area (Å²) in [6.45, 7) is 13.2. The van der Waals surface area contributed by atoms with Crippen LogP contribution in [-0.2, 0) is 21.5 Å². The summed E-state index contributed by atoms with van der Waals surface area (Å²) < 4.78 is 19.0. The third-order valence-corrected chi connectivity index (χ3v) is 9.79. The predicted octanol–water partition coefficient (Wildman–Crippen LogP) is 8.81. The fraction of sp³-hybridized carbons (Fsp3) is 0.341. The lowest BCUT2D eigenvalue weighted by atomic mass is 9.74. The SMILES string of the molecule is C=C(C)[C@H]1C[C@@H]2CN(Cc3cccc(Oc4ccccc4)c3)CC[C@@H]2O[C@@H]1c1cc(C(C)(C)c2ccccc2)ccc1OCC(=O)O. The minimum Gasteiger partial charge on any atom is -0.482 e. The van der Waals surface area contributed by atoms with Gasteiger partial charge in [0.2, 0.25) is 0 Å². The molecule has 6 heteroatoms. The summed E-state index contributed by atoms with van der Waals surface area (Å²) in [6, 6.07) is 34.8. The van der Waals surface area contributed by atoms with Crippen LogP contribution in [0.3, 0.4) is 0 Å². The van der Waals surface area contributed by atoms with Gasteiger partial charge in [-0.2, -0.15) is 0 Å². The number of carboxylic acids is 1. The summed E-state index contributed by atoms with van der Waals surface area (Å²) in [4.78, 5) is 14.0. The highest BCUT2D eigenvalue weighted by Crippen LogP contribution is 2.48. The standard InChI is InChI=1S/C41H45NO5/c1-28(2)35-23-30-26-42(25-29-12-11-17-34(22-29)46-33-15-9-6-10-16-33)21-20-37(30)47-40(35)36-24-32(18-19-38(36)45-27-39(43)44)41(3,4)31-13-7-5-8-14-31/h5-19,22,24,30,35,37,40H,1,20-21,23,25-27H2,2-4H3,(H,43,44)/t30-,35-,37+,40+/m1/s1.